The smallest absolute Gasteiger partial charge is 0.214 e. The normalized spacial score (nSPS) is 19.4. The van der Waals surface area contributed by atoms with Crippen molar-refractivity contribution >= 4 is 5.78 Å². The predicted octanol–water partition coefficient (Wildman–Crippen LogP) is 3.16. The molecule has 4 nitrogen and oxygen atoms in total. The highest BCUT2D eigenvalue weighted by molar-refractivity contribution is 5.92. The maximum absolute atomic E-state index is 12.0. The van der Waals surface area contributed by atoms with Gasteiger partial charge in [0.05, 0.1) is 5.92 Å². The van der Waals surface area contributed by atoms with Crippen LogP contribution in [0.2, 0.25) is 0 Å². The molecule has 1 atom stereocenters. The van der Waals surface area contributed by atoms with Gasteiger partial charge in [-0.15, -0.1) is 0 Å². The van der Waals surface area contributed by atoms with Gasteiger partial charge in [-0.25, -0.2) is 0 Å². The van der Waals surface area contributed by atoms with Crippen molar-refractivity contribution in [1.82, 2.24) is 0 Å². The maximum Gasteiger partial charge on any atom is 0.214 e. The van der Waals surface area contributed by atoms with Crippen LogP contribution in [0, 0.1) is 22.0 Å². The van der Waals surface area contributed by atoms with Gasteiger partial charge >= 0.3 is 0 Å². The lowest BCUT2D eigenvalue weighted by Crippen LogP contribution is -2.31. The molecule has 4 heteroatoms. The van der Waals surface area contributed by atoms with Gasteiger partial charge in [-0.3, -0.25) is 14.9 Å². The summed E-state index contributed by atoms with van der Waals surface area (Å²) in [6.45, 7) is 1.63. The summed E-state index contributed by atoms with van der Waals surface area (Å²) in [6.07, 6.45) is 12.0. The molecule has 0 amide bonds. The summed E-state index contributed by atoms with van der Waals surface area (Å²) in [5, 5.41) is 10.7. The highest BCUT2D eigenvalue weighted by Crippen LogP contribution is 2.31. The van der Waals surface area contributed by atoms with Gasteiger partial charge in [0.25, 0.3) is 0 Å². The molecule has 0 aromatic carbocycles. The first-order valence-electron chi connectivity index (χ1n) is 6.60. The Labute approximate surface area is 108 Å². The predicted molar refractivity (Wildman–Crippen MR) is 70.9 cm³/mol. The standard InChI is InChI=1S/C14H21NO3/c1-2-3-5-10-14(16)13(11-15(17)18)12-8-6-4-7-9-12/h2-3,5,10,12-13H,4,6-9,11H2,1H3/b3-2+,10-5-/t13-/m1/s1. The SMILES string of the molecule is C/C=C/C=C\C(=O)[C@H](C[N+](=O)[O-])C1CCCCC1. The van der Waals surface area contributed by atoms with E-state index in [2.05, 4.69) is 0 Å². The largest absolute Gasteiger partial charge is 0.294 e. The molecule has 0 aromatic rings. The highest BCUT2D eigenvalue weighted by atomic mass is 16.6. The summed E-state index contributed by atoms with van der Waals surface area (Å²) in [5.74, 6) is -0.356. The van der Waals surface area contributed by atoms with E-state index in [1.807, 2.05) is 13.0 Å². The van der Waals surface area contributed by atoms with Crippen molar-refractivity contribution in [2.45, 2.75) is 39.0 Å². The highest BCUT2D eigenvalue weighted by Gasteiger charge is 2.31. The summed E-state index contributed by atoms with van der Waals surface area (Å²) in [7, 11) is 0. The fourth-order valence-electron chi connectivity index (χ4n) is 2.55. The minimum atomic E-state index is -0.443. The molecule has 0 bridgehead atoms. The number of allylic oxidation sites excluding steroid dienone is 4. The van der Waals surface area contributed by atoms with Gasteiger partial charge in [-0.2, -0.15) is 0 Å². The molecule has 0 radical (unpaired) electrons. The van der Waals surface area contributed by atoms with Crippen LogP contribution in [0.4, 0.5) is 0 Å². The Morgan fingerprint density at radius 1 is 1.33 bits per heavy atom. The van der Waals surface area contributed by atoms with Crippen LogP contribution in [0.25, 0.3) is 0 Å². The summed E-state index contributed by atoms with van der Waals surface area (Å²) in [6, 6.07) is 0. The van der Waals surface area contributed by atoms with Gasteiger partial charge in [-0.1, -0.05) is 37.5 Å². The lowest BCUT2D eigenvalue weighted by molar-refractivity contribution is -0.487. The number of rotatable bonds is 6. The monoisotopic (exact) mass is 251 g/mol. The Balaban J connectivity index is 2.69. The van der Waals surface area contributed by atoms with E-state index in [0.29, 0.717) is 0 Å². The fraction of sp³-hybridized carbons (Fsp3) is 0.643. The number of ketones is 1. The molecule has 0 saturated heterocycles. The van der Waals surface area contributed by atoms with E-state index < -0.39 is 5.92 Å². The van der Waals surface area contributed by atoms with E-state index in [1.54, 1.807) is 12.2 Å². The molecular weight excluding hydrogens is 230 g/mol. The Hall–Kier alpha value is -1.45. The molecule has 18 heavy (non-hydrogen) atoms. The summed E-state index contributed by atoms with van der Waals surface area (Å²) >= 11 is 0. The zero-order chi connectivity index (χ0) is 13.4. The Morgan fingerprint density at radius 3 is 2.56 bits per heavy atom. The molecule has 0 unspecified atom stereocenters. The molecular formula is C14H21NO3. The molecule has 1 saturated carbocycles. The van der Waals surface area contributed by atoms with Crippen molar-refractivity contribution < 1.29 is 9.72 Å². The molecule has 100 valence electrons. The van der Waals surface area contributed by atoms with Crippen molar-refractivity contribution in [3.8, 4) is 0 Å². The van der Waals surface area contributed by atoms with Crippen molar-refractivity contribution in [2.24, 2.45) is 11.8 Å². The molecule has 0 aromatic heterocycles. The van der Waals surface area contributed by atoms with Gasteiger partial charge in [-0.05, 0) is 31.8 Å². The first-order valence-corrected chi connectivity index (χ1v) is 6.60. The van der Waals surface area contributed by atoms with Gasteiger partial charge in [0.2, 0.25) is 6.54 Å². The molecule has 1 fully saturated rings. The lowest BCUT2D eigenvalue weighted by atomic mass is 9.78. The molecule has 1 aliphatic carbocycles. The van der Waals surface area contributed by atoms with E-state index >= 15 is 0 Å². The van der Waals surface area contributed by atoms with Crippen LogP contribution in [-0.4, -0.2) is 17.3 Å². The minimum absolute atomic E-state index is 0.100. The van der Waals surface area contributed by atoms with Crippen LogP contribution in [-0.2, 0) is 4.79 Å². The molecule has 1 rings (SSSR count). The van der Waals surface area contributed by atoms with Crippen LogP contribution in [0.15, 0.2) is 24.3 Å². The van der Waals surface area contributed by atoms with E-state index in [0.717, 1.165) is 25.7 Å². The summed E-state index contributed by atoms with van der Waals surface area (Å²) < 4.78 is 0. The second-order valence-electron chi connectivity index (χ2n) is 4.81. The first-order chi connectivity index (χ1) is 8.65. The zero-order valence-electron chi connectivity index (χ0n) is 10.9. The quantitative estimate of drug-likeness (QED) is 0.315. The Morgan fingerprint density at radius 2 is 2.00 bits per heavy atom. The average Bonchev–Trinajstić information content (AvgIpc) is 2.37. The van der Waals surface area contributed by atoms with Crippen molar-refractivity contribution in [2.75, 3.05) is 6.54 Å². The van der Waals surface area contributed by atoms with Crippen LogP contribution in [0.5, 0.6) is 0 Å². The van der Waals surface area contributed by atoms with Gasteiger partial charge in [0, 0.05) is 4.92 Å². The third kappa shape index (κ3) is 4.82. The second-order valence-corrected chi connectivity index (χ2v) is 4.81. The Kier molecular flexibility index (Phi) is 6.33. The van der Waals surface area contributed by atoms with Crippen molar-refractivity contribution in [3.05, 3.63) is 34.4 Å². The van der Waals surface area contributed by atoms with Gasteiger partial charge in [0.15, 0.2) is 5.78 Å². The van der Waals surface area contributed by atoms with Gasteiger partial charge in [0.1, 0.15) is 0 Å². The third-order valence-electron chi connectivity index (χ3n) is 3.49. The molecule has 0 spiro atoms. The molecule has 1 aliphatic rings. The van der Waals surface area contributed by atoms with Crippen molar-refractivity contribution in [3.63, 3.8) is 0 Å². The molecule has 0 N–H and O–H groups in total. The first kappa shape index (κ1) is 14.6. The lowest BCUT2D eigenvalue weighted by Gasteiger charge is -2.26. The maximum atomic E-state index is 12.0. The Bertz CT molecular complexity index is 341. The van der Waals surface area contributed by atoms with E-state index in [1.165, 1.54) is 12.5 Å². The van der Waals surface area contributed by atoms with E-state index in [4.69, 9.17) is 0 Å². The number of hydrogen-bond donors (Lipinski definition) is 0. The van der Waals surface area contributed by atoms with Crippen LogP contribution < -0.4 is 0 Å². The third-order valence-corrected chi connectivity index (χ3v) is 3.49. The number of nitro groups is 1. The zero-order valence-corrected chi connectivity index (χ0v) is 10.9. The van der Waals surface area contributed by atoms with Gasteiger partial charge < -0.3 is 0 Å². The number of carbonyl (C=O) groups excluding carboxylic acids is 1. The van der Waals surface area contributed by atoms with Crippen molar-refractivity contribution in [1.29, 1.82) is 0 Å². The summed E-state index contributed by atoms with van der Waals surface area (Å²) in [5.41, 5.74) is 0. The topological polar surface area (TPSA) is 60.2 Å². The van der Waals surface area contributed by atoms with Crippen LogP contribution in [0.3, 0.4) is 0 Å². The van der Waals surface area contributed by atoms with Crippen LogP contribution in [0.1, 0.15) is 39.0 Å². The van der Waals surface area contributed by atoms with E-state index in [-0.39, 0.29) is 23.2 Å². The number of hydrogen-bond acceptors (Lipinski definition) is 3. The van der Waals surface area contributed by atoms with Crippen LogP contribution >= 0.6 is 0 Å². The molecule has 0 heterocycles. The summed E-state index contributed by atoms with van der Waals surface area (Å²) in [4.78, 5) is 22.4. The second kappa shape index (κ2) is 7.80. The number of carbonyl (C=O) groups is 1. The van der Waals surface area contributed by atoms with E-state index in [9.17, 15) is 14.9 Å². The number of nitrogens with zero attached hydrogens (tertiary/aromatic N) is 1. The minimum Gasteiger partial charge on any atom is -0.294 e. The average molecular weight is 251 g/mol. The fourth-order valence-corrected chi connectivity index (χ4v) is 2.55. The molecule has 0 aliphatic heterocycles.